The van der Waals surface area contributed by atoms with E-state index in [1.165, 1.54) is 5.56 Å². The van der Waals surface area contributed by atoms with Gasteiger partial charge in [-0.15, -0.1) is 11.8 Å². The monoisotopic (exact) mass is 301 g/mol. The lowest BCUT2D eigenvalue weighted by Gasteiger charge is -2.04. The van der Waals surface area contributed by atoms with E-state index in [4.69, 9.17) is 4.74 Å². The number of fused-ring (bicyclic) bond motifs is 1. The second-order valence-electron chi connectivity index (χ2n) is 4.64. The Morgan fingerprint density at radius 1 is 1.24 bits per heavy atom. The number of aryl methyl sites for hydroxylation is 1. The van der Waals surface area contributed by atoms with Crippen LogP contribution >= 0.6 is 11.8 Å². The number of benzene rings is 1. The van der Waals surface area contributed by atoms with Gasteiger partial charge in [0.15, 0.2) is 0 Å². The predicted molar refractivity (Wildman–Crippen MR) is 83.0 cm³/mol. The van der Waals surface area contributed by atoms with E-state index in [2.05, 4.69) is 4.98 Å². The van der Waals surface area contributed by atoms with E-state index in [1.54, 1.807) is 47.3 Å². The second kappa shape index (κ2) is 5.65. The number of rotatable bonds is 4. The Labute approximate surface area is 126 Å². The van der Waals surface area contributed by atoms with Gasteiger partial charge in [0.1, 0.15) is 16.4 Å². The Kier molecular flexibility index (Phi) is 3.70. The molecule has 0 fully saturated rings. The molecule has 0 radical (unpaired) electrons. The highest BCUT2D eigenvalue weighted by atomic mass is 32.2. The van der Waals surface area contributed by atoms with Crippen LogP contribution in [0.1, 0.15) is 5.56 Å². The molecule has 108 valence electrons. The van der Waals surface area contributed by atoms with Gasteiger partial charge < -0.3 is 9.30 Å². The third-order valence-electron chi connectivity index (χ3n) is 3.24. The third kappa shape index (κ3) is 2.67. The van der Waals surface area contributed by atoms with Crippen molar-refractivity contribution in [1.29, 1.82) is 0 Å². The number of hydrogen-bond acceptors (Lipinski definition) is 4. The molecule has 1 aromatic carbocycles. The molecular weight excluding hydrogens is 286 g/mol. The van der Waals surface area contributed by atoms with E-state index in [-0.39, 0.29) is 5.69 Å². The normalized spacial score (nSPS) is 11.0. The summed E-state index contributed by atoms with van der Waals surface area (Å²) >= 11 is 1.59. The Morgan fingerprint density at radius 2 is 2.00 bits per heavy atom. The minimum Gasteiger partial charge on any atom is -0.497 e. The van der Waals surface area contributed by atoms with Gasteiger partial charge in [0, 0.05) is 19.0 Å². The van der Waals surface area contributed by atoms with Gasteiger partial charge in [0.25, 0.3) is 0 Å². The second-order valence-corrected chi connectivity index (χ2v) is 5.63. The van der Waals surface area contributed by atoms with Crippen LogP contribution in [-0.4, -0.2) is 21.1 Å². The molecule has 0 aliphatic heterocycles. The largest absolute Gasteiger partial charge is 0.497 e. The van der Waals surface area contributed by atoms with Gasteiger partial charge in [-0.05, 0) is 23.8 Å². The summed E-state index contributed by atoms with van der Waals surface area (Å²) in [6.07, 6.45) is 3.47. The Hall–Kier alpha value is -2.21. The summed E-state index contributed by atoms with van der Waals surface area (Å²) in [6.45, 7) is 0. The van der Waals surface area contributed by atoms with Gasteiger partial charge >= 0.3 is 5.69 Å². The Balaban J connectivity index is 1.85. The number of hydrogen-bond donors (Lipinski definition) is 0. The summed E-state index contributed by atoms with van der Waals surface area (Å²) in [5.41, 5.74) is 1.76. The minimum atomic E-state index is -0.0813. The molecule has 21 heavy (non-hydrogen) atoms. The molecule has 0 unspecified atom stereocenters. The third-order valence-corrected chi connectivity index (χ3v) is 4.30. The Morgan fingerprint density at radius 3 is 2.71 bits per heavy atom. The smallest absolute Gasteiger partial charge is 0.334 e. The number of ether oxygens (including phenoxy) is 1. The summed E-state index contributed by atoms with van der Waals surface area (Å²) in [5.74, 6) is 1.61. The summed E-state index contributed by atoms with van der Waals surface area (Å²) in [6, 6.07) is 9.74. The molecule has 3 rings (SSSR count). The number of nitrogens with zero attached hydrogens (tertiary/aromatic N) is 3. The molecule has 0 aliphatic rings. The van der Waals surface area contributed by atoms with Crippen LogP contribution in [0.2, 0.25) is 0 Å². The van der Waals surface area contributed by atoms with Gasteiger partial charge in [0.2, 0.25) is 0 Å². The highest BCUT2D eigenvalue weighted by molar-refractivity contribution is 7.98. The fourth-order valence-corrected chi connectivity index (χ4v) is 2.98. The van der Waals surface area contributed by atoms with Crippen LogP contribution in [0.25, 0.3) is 5.65 Å². The first-order chi connectivity index (χ1) is 10.2. The van der Waals surface area contributed by atoms with Crippen molar-refractivity contribution in [1.82, 2.24) is 14.0 Å². The van der Waals surface area contributed by atoms with Gasteiger partial charge in [0.05, 0.1) is 13.3 Å². The van der Waals surface area contributed by atoms with Crippen LogP contribution in [0, 0.1) is 0 Å². The summed E-state index contributed by atoms with van der Waals surface area (Å²) < 4.78 is 8.32. The summed E-state index contributed by atoms with van der Waals surface area (Å²) in [5, 5.41) is 0.849. The molecule has 0 spiro atoms. The van der Waals surface area contributed by atoms with Crippen molar-refractivity contribution in [3.8, 4) is 5.75 Å². The number of methoxy groups -OCH3 is 1. The molecule has 0 amide bonds. The van der Waals surface area contributed by atoms with E-state index < -0.39 is 0 Å². The predicted octanol–water partition coefficient (Wildman–Crippen LogP) is 2.33. The van der Waals surface area contributed by atoms with Crippen LogP contribution in [0.5, 0.6) is 5.75 Å². The molecule has 3 aromatic rings. The maximum absolute atomic E-state index is 12.2. The maximum atomic E-state index is 12.2. The van der Waals surface area contributed by atoms with Crippen LogP contribution in [0.4, 0.5) is 0 Å². The first-order valence-corrected chi connectivity index (χ1v) is 7.46. The topological polar surface area (TPSA) is 48.5 Å². The first-order valence-electron chi connectivity index (χ1n) is 6.48. The van der Waals surface area contributed by atoms with Crippen LogP contribution in [0.3, 0.4) is 0 Å². The highest BCUT2D eigenvalue weighted by Crippen LogP contribution is 2.23. The molecule has 2 aromatic heterocycles. The zero-order chi connectivity index (χ0) is 14.8. The molecule has 0 aliphatic carbocycles. The number of aromatic nitrogens is 3. The molecule has 0 atom stereocenters. The standard InChI is InChI=1S/C15H15N3O2S/c1-17-8-7-13-16-9-14(18(13)15(17)19)21-10-11-3-5-12(20-2)6-4-11/h3-9H,10H2,1-2H3. The fourth-order valence-electron chi connectivity index (χ4n) is 2.04. The lowest BCUT2D eigenvalue weighted by molar-refractivity contribution is 0.414. The van der Waals surface area contributed by atoms with Gasteiger partial charge in [-0.1, -0.05) is 12.1 Å². The molecule has 0 saturated carbocycles. The molecule has 0 saturated heterocycles. The molecule has 5 nitrogen and oxygen atoms in total. The molecule has 0 N–H and O–H groups in total. The van der Waals surface area contributed by atoms with Crippen molar-refractivity contribution in [2.45, 2.75) is 10.8 Å². The van der Waals surface area contributed by atoms with Crippen LogP contribution in [0.15, 0.2) is 52.5 Å². The number of imidazole rings is 1. The average molecular weight is 301 g/mol. The first kappa shape index (κ1) is 13.8. The molecule has 0 bridgehead atoms. The zero-order valence-electron chi connectivity index (χ0n) is 11.8. The summed E-state index contributed by atoms with van der Waals surface area (Å²) in [7, 11) is 3.39. The van der Waals surface area contributed by atoms with Crippen LogP contribution < -0.4 is 10.4 Å². The van der Waals surface area contributed by atoms with E-state index in [0.29, 0.717) is 5.65 Å². The van der Waals surface area contributed by atoms with Gasteiger partial charge in [-0.2, -0.15) is 0 Å². The molecule has 2 heterocycles. The minimum absolute atomic E-state index is 0.0813. The van der Waals surface area contributed by atoms with E-state index in [9.17, 15) is 4.79 Å². The SMILES string of the molecule is COc1ccc(CSc2cnc3ccn(C)c(=O)n23)cc1. The van der Waals surface area contributed by atoms with E-state index in [0.717, 1.165) is 16.5 Å². The highest BCUT2D eigenvalue weighted by Gasteiger charge is 2.08. The van der Waals surface area contributed by atoms with Crippen molar-refractivity contribution in [3.63, 3.8) is 0 Å². The van der Waals surface area contributed by atoms with E-state index >= 15 is 0 Å². The van der Waals surface area contributed by atoms with Gasteiger partial charge in [-0.25, -0.2) is 14.2 Å². The quantitative estimate of drug-likeness (QED) is 0.694. The van der Waals surface area contributed by atoms with E-state index in [1.807, 2.05) is 30.3 Å². The van der Waals surface area contributed by atoms with Crippen molar-refractivity contribution in [2.24, 2.45) is 7.05 Å². The summed E-state index contributed by atoms with van der Waals surface area (Å²) in [4.78, 5) is 16.4. The lowest BCUT2D eigenvalue weighted by Crippen LogP contribution is -2.23. The average Bonchev–Trinajstić information content (AvgIpc) is 2.93. The zero-order valence-corrected chi connectivity index (χ0v) is 12.6. The van der Waals surface area contributed by atoms with Gasteiger partial charge in [-0.3, -0.25) is 0 Å². The maximum Gasteiger partial charge on any atom is 0.334 e. The van der Waals surface area contributed by atoms with Crippen molar-refractivity contribution in [3.05, 3.63) is 58.8 Å². The molecular formula is C15H15N3O2S. The number of thioether (sulfide) groups is 1. The van der Waals surface area contributed by atoms with Crippen molar-refractivity contribution < 1.29 is 4.74 Å². The Bertz CT molecular complexity index is 821. The lowest BCUT2D eigenvalue weighted by atomic mass is 10.2. The fraction of sp³-hybridized carbons (Fsp3) is 0.200. The van der Waals surface area contributed by atoms with Crippen LogP contribution in [-0.2, 0) is 12.8 Å². The molecule has 6 heteroatoms. The van der Waals surface area contributed by atoms with Crippen molar-refractivity contribution >= 4 is 17.4 Å². The van der Waals surface area contributed by atoms with Crippen molar-refractivity contribution in [2.75, 3.05) is 7.11 Å².